The Kier molecular flexibility index (Phi) is 4.70. The van der Waals surface area contributed by atoms with E-state index in [1.807, 2.05) is 30.3 Å². The van der Waals surface area contributed by atoms with Gasteiger partial charge in [-0.05, 0) is 30.7 Å². The Bertz CT molecular complexity index is 651. The van der Waals surface area contributed by atoms with E-state index in [-0.39, 0.29) is 17.9 Å². The molecule has 2 rings (SSSR count). The first kappa shape index (κ1) is 15.9. The van der Waals surface area contributed by atoms with Gasteiger partial charge in [-0.25, -0.2) is 0 Å². The number of carbonyl (C=O) groups is 1. The number of hydrogen-bond donors (Lipinski definition) is 0. The highest BCUT2D eigenvalue weighted by molar-refractivity contribution is 5.97. The molecule has 0 bridgehead atoms. The minimum atomic E-state index is -4.81. The first-order valence-electron chi connectivity index (χ1n) is 6.42. The summed E-state index contributed by atoms with van der Waals surface area (Å²) in [5.74, 6) is -0.647. The largest absolute Gasteiger partial charge is 0.573 e. The van der Waals surface area contributed by atoms with E-state index in [0.717, 1.165) is 17.7 Å². The van der Waals surface area contributed by atoms with Gasteiger partial charge >= 0.3 is 6.36 Å². The highest BCUT2D eigenvalue weighted by Gasteiger charge is 2.31. The third-order valence-electron chi connectivity index (χ3n) is 2.80. The SMILES string of the molecule is CC(=O)c1cc(OC(F)(F)F)ccc1OCc1ccccc1. The van der Waals surface area contributed by atoms with Crippen LogP contribution in [0.4, 0.5) is 13.2 Å². The van der Waals surface area contributed by atoms with Crippen LogP contribution in [0.15, 0.2) is 48.5 Å². The Morgan fingerprint density at radius 2 is 1.77 bits per heavy atom. The van der Waals surface area contributed by atoms with Crippen molar-refractivity contribution >= 4 is 5.78 Å². The summed E-state index contributed by atoms with van der Waals surface area (Å²) in [5, 5.41) is 0. The van der Waals surface area contributed by atoms with Crippen molar-refractivity contribution in [2.24, 2.45) is 0 Å². The molecule has 0 aliphatic carbocycles. The van der Waals surface area contributed by atoms with E-state index in [1.165, 1.54) is 13.0 Å². The van der Waals surface area contributed by atoms with Crippen molar-refractivity contribution in [2.75, 3.05) is 0 Å². The van der Waals surface area contributed by atoms with Gasteiger partial charge < -0.3 is 9.47 Å². The fourth-order valence-corrected chi connectivity index (χ4v) is 1.84. The Morgan fingerprint density at radius 1 is 1.09 bits per heavy atom. The molecule has 0 radical (unpaired) electrons. The Morgan fingerprint density at radius 3 is 2.36 bits per heavy atom. The summed E-state index contributed by atoms with van der Waals surface area (Å²) >= 11 is 0. The molecular weight excluding hydrogens is 297 g/mol. The van der Waals surface area contributed by atoms with Crippen LogP contribution in [0.5, 0.6) is 11.5 Å². The fraction of sp³-hybridized carbons (Fsp3) is 0.188. The number of ether oxygens (including phenoxy) is 2. The van der Waals surface area contributed by atoms with Crippen LogP contribution in [-0.2, 0) is 6.61 Å². The lowest BCUT2D eigenvalue weighted by atomic mass is 10.1. The van der Waals surface area contributed by atoms with Crippen LogP contribution in [0.1, 0.15) is 22.8 Å². The molecule has 0 amide bonds. The van der Waals surface area contributed by atoms with Gasteiger partial charge in [-0.2, -0.15) is 0 Å². The zero-order valence-electron chi connectivity index (χ0n) is 11.7. The minimum Gasteiger partial charge on any atom is -0.488 e. The summed E-state index contributed by atoms with van der Waals surface area (Å²) < 4.78 is 45.9. The van der Waals surface area contributed by atoms with Gasteiger partial charge in [0, 0.05) is 0 Å². The molecule has 0 unspecified atom stereocenters. The van der Waals surface area contributed by atoms with Crippen molar-refractivity contribution in [3.63, 3.8) is 0 Å². The zero-order valence-corrected chi connectivity index (χ0v) is 11.7. The molecule has 0 saturated heterocycles. The lowest BCUT2D eigenvalue weighted by molar-refractivity contribution is -0.274. The smallest absolute Gasteiger partial charge is 0.488 e. The molecule has 3 nitrogen and oxygen atoms in total. The van der Waals surface area contributed by atoms with Crippen molar-refractivity contribution < 1.29 is 27.4 Å². The second-order valence-electron chi connectivity index (χ2n) is 4.54. The molecule has 116 valence electrons. The average Bonchev–Trinajstić information content (AvgIpc) is 2.45. The quantitative estimate of drug-likeness (QED) is 0.769. The number of Topliss-reactive ketones (excluding diaryl/α,β-unsaturated/α-hetero) is 1. The molecule has 0 N–H and O–H groups in total. The molecule has 6 heteroatoms. The van der Waals surface area contributed by atoms with Crippen LogP contribution in [-0.4, -0.2) is 12.1 Å². The second-order valence-corrected chi connectivity index (χ2v) is 4.54. The topological polar surface area (TPSA) is 35.5 Å². The van der Waals surface area contributed by atoms with Crippen molar-refractivity contribution in [1.82, 2.24) is 0 Å². The zero-order chi connectivity index (χ0) is 16.2. The third kappa shape index (κ3) is 4.51. The number of halogens is 3. The van der Waals surface area contributed by atoms with Crippen LogP contribution >= 0.6 is 0 Å². The standard InChI is InChI=1S/C16H13F3O3/c1-11(20)14-9-13(22-16(17,18)19)7-8-15(14)21-10-12-5-3-2-4-6-12/h2-9H,10H2,1H3. The van der Waals surface area contributed by atoms with Gasteiger partial charge in [-0.1, -0.05) is 30.3 Å². The van der Waals surface area contributed by atoms with E-state index in [0.29, 0.717) is 0 Å². The maximum absolute atomic E-state index is 12.2. The van der Waals surface area contributed by atoms with Crippen molar-refractivity contribution in [1.29, 1.82) is 0 Å². The predicted molar refractivity (Wildman–Crippen MR) is 73.9 cm³/mol. The van der Waals surface area contributed by atoms with Gasteiger partial charge in [0.1, 0.15) is 18.1 Å². The number of carbonyl (C=O) groups excluding carboxylic acids is 1. The van der Waals surface area contributed by atoms with E-state index in [4.69, 9.17) is 4.74 Å². The van der Waals surface area contributed by atoms with Crippen molar-refractivity contribution in [2.45, 2.75) is 19.9 Å². The minimum absolute atomic E-state index is 0.0395. The highest BCUT2D eigenvalue weighted by atomic mass is 19.4. The summed E-state index contributed by atoms with van der Waals surface area (Å²) in [6, 6.07) is 12.6. The number of alkyl halides is 3. The molecule has 0 fully saturated rings. The first-order chi connectivity index (χ1) is 10.3. The molecule has 0 atom stereocenters. The molecule has 22 heavy (non-hydrogen) atoms. The van der Waals surface area contributed by atoms with Gasteiger partial charge in [-0.15, -0.1) is 13.2 Å². The van der Waals surface area contributed by atoms with Crippen LogP contribution in [0.25, 0.3) is 0 Å². The Balaban J connectivity index is 2.18. The van der Waals surface area contributed by atoms with Gasteiger partial charge in [-0.3, -0.25) is 4.79 Å². The van der Waals surface area contributed by atoms with E-state index in [2.05, 4.69) is 4.74 Å². The highest BCUT2D eigenvalue weighted by Crippen LogP contribution is 2.29. The van der Waals surface area contributed by atoms with Crippen LogP contribution in [0.2, 0.25) is 0 Å². The van der Waals surface area contributed by atoms with E-state index >= 15 is 0 Å². The lowest BCUT2D eigenvalue weighted by Crippen LogP contribution is -2.17. The molecule has 0 aliphatic heterocycles. The van der Waals surface area contributed by atoms with Gasteiger partial charge in [0.2, 0.25) is 0 Å². The fourth-order valence-electron chi connectivity index (χ4n) is 1.84. The van der Waals surface area contributed by atoms with Crippen molar-refractivity contribution in [3.8, 4) is 11.5 Å². The number of rotatable bonds is 5. The van der Waals surface area contributed by atoms with E-state index in [1.54, 1.807) is 0 Å². The molecule has 2 aromatic carbocycles. The predicted octanol–water partition coefficient (Wildman–Crippen LogP) is 4.37. The van der Waals surface area contributed by atoms with Crippen LogP contribution < -0.4 is 9.47 Å². The number of benzene rings is 2. The maximum Gasteiger partial charge on any atom is 0.573 e. The lowest BCUT2D eigenvalue weighted by Gasteiger charge is -2.13. The average molecular weight is 310 g/mol. The number of hydrogen-bond acceptors (Lipinski definition) is 3. The van der Waals surface area contributed by atoms with Crippen molar-refractivity contribution in [3.05, 3.63) is 59.7 Å². The van der Waals surface area contributed by atoms with Gasteiger partial charge in [0.25, 0.3) is 0 Å². The van der Waals surface area contributed by atoms with E-state index in [9.17, 15) is 18.0 Å². The third-order valence-corrected chi connectivity index (χ3v) is 2.80. The van der Waals surface area contributed by atoms with Crippen LogP contribution in [0, 0.1) is 0 Å². The normalized spacial score (nSPS) is 11.1. The number of ketones is 1. The molecule has 0 aromatic heterocycles. The molecule has 2 aromatic rings. The Labute approximate surface area is 125 Å². The molecule has 0 saturated carbocycles. The van der Waals surface area contributed by atoms with E-state index < -0.39 is 17.9 Å². The summed E-state index contributed by atoms with van der Waals surface area (Å²) in [5.41, 5.74) is 0.922. The summed E-state index contributed by atoms with van der Waals surface area (Å²) in [6.07, 6.45) is -4.81. The summed E-state index contributed by atoms with van der Waals surface area (Å²) in [7, 11) is 0. The summed E-state index contributed by atoms with van der Waals surface area (Å²) in [4.78, 5) is 11.6. The van der Waals surface area contributed by atoms with Gasteiger partial charge in [0.15, 0.2) is 5.78 Å². The second kappa shape index (κ2) is 6.51. The maximum atomic E-state index is 12.2. The first-order valence-corrected chi connectivity index (χ1v) is 6.42. The monoisotopic (exact) mass is 310 g/mol. The molecule has 0 aliphatic rings. The molecular formula is C16H13F3O3. The molecule has 0 heterocycles. The van der Waals surface area contributed by atoms with Crippen LogP contribution in [0.3, 0.4) is 0 Å². The summed E-state index contributed by atoms with van der Waals surface area (Å²) in [6.45, 7) is 1.46. The molecule has 0 spiro atoms. The van der Waals surface area contributed by atoms with Gasteiger partial charge in [0.05, 0.1) is 5.56 Å². The Hall–Kier alpha value is -2.50.